The Balaban J connectivity index is 2.00. The topological polar surface area (TPSA) is 17.8 Å². The van der Waals surface area contributed by atoms with Gasteiger partial charge in [0.15, 0.2) is 0 Å². The van der Waals surface area contributed by atoms with Gasteiger partial charge in [-0.1, -0.05) is 6.92 Å². The van der Waals surface area contributed by atoms with Crippen molar-refractivity contribution in [2.75, 3.05) is 0 Å². The maximum absolute atomic E-state index is 4.75. The van der Waals surface area contributed by atoms with Crippen LogP contribution in [0.5, 0.6) is 0 Å². The highest BCUT2D eigenvalue weighted by atomic mass is 15.1. The minimum atomic E-state index is 0.449. The van der Waals surface area contributed by atoms with Crippen molar-refractivity contribution in [2.24, 2.45) is 0 Å². The predicted octanol–water partition coefficient (Wildman–Crippen LogP) is 2.27. The molecule has 1 fully saturated rings. The zero-order valence-corrected chi connectivity index (χ0v) is 8.21. The Hall–Kier alpha value is -0.790. The highest BCUT2D eigenvalue weighted by Gasteiger charge is 2.41. The molecule has 2 aliphatic rings. The predicted molar refractivity (Wildman–Crippen MR) is 51.8 cm³/mol. The van der Waals surface area contributed by atoms with E-state index in [1.54, 1.807) is 0 Å². The summed E-state index contributed by atoms with van der Waals surface area (Å²) in [5.74, 6) is 1.33. The lowest BCUT2D eigenvalue weighted by molar-refractivity contribution is 0.522. The lowest BCUT2D eigenvalue weighted by atomic mass is 10.1. The third-order valence-corrected chi connectivity index (χ3v) is 3.53. The molecule has 0 unspecified atom stereocenters. The second-order valence-corrected chi connectivity index (χ2v) is 4.75. The van der Waals surface area contributed by atoms with Crippen LogP contribution in [0.25, 0.3) is 0 Å². The number of hydrogen-bond donors (Lipinski definition) is 0. The van der Waals surface area contributed by atoms with Crippen LogP contribution in [-0.4, -0.2) is 9.55 Å². The number of hydrogen-bond acceptors (Lipinski definition) is 1. The van der Waals surface area contributed by atoms with Gasteiger partial charge in [-0.3, -0.25) is 0 Å². The number of aromatic nitrogens is 2. The molecule has 0 radical (unpaired) electrons. The van der Waals surface area contributed by atoms with E-state index in [0.717, 1.165) is 0 Å². The van der Waals surface area contributed by atoms with Crippen molar-refractivity contribution in [2.45, 2.75) is 51.0 Å². The largest absolute Gasteiger partial charge is 0.335 e. The molecule has 1 saturated carbocycles. The molecule has 1 aliphatic carbocycles. The second-order valence-electron chi connectivity index (χ2n) is 4.75. The smallest absolute Gasteiger partial charge is 0.108 e. The van der Waals surface area contributed by atoms with Gasteiger partial charge in [0.25, 0.3) is 0 Å². The van der Waals surface area contributed by atoms with E-state index in [4.69, 9.17) is 4.98 Å². The Labute approximate surface area is 79.0 Å². The normalized spacial score (nSPS) is 24.1. The number of aryl methyl sites for hydroxylation is 2. The maximum Gasteiger partial charge on any atom is 0.108 e. The first-order valence-electron chi connectivity index (χ1n) is 5.34. The molecule has 0 saturated heterocycles. The molecule has 0 spiro atoms. The summed E-state index contributed by atoms with van der Waals surface area (Å²) in [6.07, 6.45) is 8.82. The van der Waals surface area contributed by atoms with Gasteiger partial charge in [0, 0.05) is 24.6 Å². The molecule has 70 valence electrons. The van der Waals surface area contributed by atoms with Gasteiger partial charge >= 0.3 is 0 Å². The Morgan fingerprint density at radius 1 is 1.38 bits per heavy atom. The molecule has 1 aliphatic heterocycles. The van der Waals surface area contributed by atoms with Crippen LogP contribution >= 0.6 is 0 Å². The van der Waals surface area contributed by atoms with Crippen LogP contribution in [0.3, 0.4) is 0 Å². The van der Waals surface area contributed by atoms with Gasteiger partial charge in [-0.2, -0.15) is 0 Å². The summed E-state index contributed by atoms with van der Waals surface area (Å²) in [5, 5.41) is 0. The van der Waals surface area contributed by atoms with E-state index >= 15 is 0 Å². The minimum Gasteiger partial charge on any atom is -0.335 e. The van der Waals surface area contributed by atoms with Crippen LogP contribution in [-0.2, 0) is 18.4 Å². The maximum atomic E-state index is 4.75. The molecule has 2 heteroatoms. The molecule has 0 atom stereocenters. The van der Waals surface area contributed by atoms with Gasteiger partial charge in [0.05, 0.1) is 5.69 Å². The van der Waals surface area contributed by atoms with Gasteiger partial charge in [0.2, 0.25) is 0 Å². The molecule has 1 aromatic rings. The third kappa shape index (κ3) is 1.11. The van der Waals surface area contributed by atoms with Crippen molar-refractivity contribution in [1.82, 2.24) is 9.55 Å². The molecule has 2 heterocycles. The van der Waals surface area contributed by atoms with Crippen molar-refractivity contribution in [3.8, 4) is 0 Å². The molecule has 0 bridgehead atoms. The van der Waals surface area contributed by atoms with Gasteiger partial charge < -0.3 is 4.57 Å². The van der Waals surface area contributed by atoms with Crippen LogP contribution in [0.1, 0.15) is 44.1 Å². The van der Waals surface area contributed by atoms with Crippen molar-refractivity contribution in [1.29, 1.82) is 0 Å². The lowest BCUT2D eigenvalue weighted by Gasteiger charge is -2.11. The Kier molecular flexibility index (Phi) is 1.38. The van der Waals surface area contributed by atoms with Crippen molar-refractivity contribution in [3.63, 3.8) is 0 Å². The fourth-order valence-corrected chi connectivity index (χ4v) is 2.15. The van der Waals surface area contributed by atoms with E-state index in [0.29, 0.717) is 5.41 Å². The number of fused-ring (bicyclic) bond motifs is 1. The van der Waals surface area contributed by atoms with Crippen molar-refractivity contribution >= 4 is 0 Å². The van der Waals surface area contributed by atoms with Gasteiger partial charge in [-0.15, -0.1) is 0 Å². The summed E-state index contributed by atoms with van der Waals surface area (Å²) in [6.45, 7) is 3.53. The molecular formula is C11H16N2. The van der Waals surface area contributed by atoms with Crippen LogP contribution in [0.15, 0.2) is 6.20 Å². The Morgan fingerprint density at radius 3 is 2.92 bits per heavy atom. The SMILES string of the molecule is CC1(c2cn3c(n2)CCCC3)CC1. The van der Waals surface area contributed by atoms with E-state index in [-0.39, 0.29) is 0 Å². The molecule has 1 aromatic heterocycles. The summed E-state index contributed by atoms with van der Waals surface area (Å²) >= 11 is 0. The first-order valence-corrected chi connectivity index (χ1v) is 5.34. The first kappa shape index (κ1) is 7.60. The van der Waals surface area contributed by atoms with Gasteiger partial charge in [0.1, 0.15) is 5.82 Å². The first-order chi connectivity index (χ1) is 6.28. The van der Waals surface area contributed by atoms with E-state index < -0.39 is 0 Å². The van der Waals surface area contributed by atoms with E-state index in [2.05, 4.69) is 17.7 Å². The highest BCUT2D eigenvalue weighted by molar-refractivity contribution is 5.23. The van der Waals surface area contributed by atoms with Crippen LogP contribution in [0, 0.1) is 0 Å². The summed E-state index contributed by atoms with van der Waals surface area (Å²) in [5.41, 5.74) is 1.80. The highest BCUT2D eigenvalue weighted by Crippen LogP contribution is 2.47. The summed E-state index contributed by atoms with van der Waals surface area (Å²) in [6, 6.07) is 0. The molecule has 0 amide bonds. The summed E-state index contributed by atoms with van der Waals surface area (Å²) in [4.78, 5) is 4.75. The molecule has 0 N–H and O–H groups in total. The van der Waals surface area contributed by atoms with Crippen LogP contribution in [0.2, 0.25) is 0 Å². The zero-order valence-electron chi connectivity index (χ0n) is 8.21. The van der Waals surface area contributed by atoms with Crippen molar-refractivity contribution in [3.05, 3.63) is 17.7 Å². The van der Waals surface area contributed by atoms with E-state index in [1.165, 1.54) is 50.2 Å². The molecular weight excluding hydrogens is 160 g/mol. The molecule has 13 heavy (non-hydrogen) atoms. The van der Waals surface area contributed by atoms with Gasteiger partial charge in [-0.25, -0.2) is 4.98 Å². The molecule has 2 nitrogen and oxygen atoms in total. The standard InChI is InChI=1S/C11H16N2/c1-11(5-6-11)9-8-13-7-3-2-4-10(13)12-9/h8H,2-7H2,1H3. The number of rotatable bonds is 1. The lowest BCUT2D eigenvalue weighted by Crippen LogP contribution is -2.08. The number of imidazole rings is 1. The van der Waals surface area contributed by atoms with E-state index in [1.807, 2.05) is 0 Å². The van der Waals surface area contributed by atoms with Gasteiger partial charge in [-0.05, 0) is 25.7 Å². The fraction of sp³-hybridized carbons (Fsp3) is 0.727. The monoisotopic (exact) mass is 176 g/mol. The van der Waals surface area contributed by atoms with Crippen molar-refractivity contribution < 1.29 is 0 Å². The zero-order chi connectivity index (χ0) is 8.89. The second kappa shape index (κ2) is 2.37. The summed E-state index contributed by atoms with van der Waals surface area (Å²) < 4.78 is 2.36. The third-order valence-electron chi connectivity index (χ3n) is 3.53. The Bertz CT molecular complexity index is 310. The van der Waals surface area contributed by atoms with E-state index in [9.17, 15) is 0 Å². The molecule has 0 aromatic carbocycles. The van der Waals surface area contributed by atoms with Crippen LogP contribution < -0.4 is 0 Å². The minimum absolute atomic E-state index is 0.449. The fourth-order valence-electron chi connectivity index (χ4n) is 2.15. The molecule has 3 rings (SSSR count). The number of nitrogens with zero attached hydrogens (tertiary/aromatic N) is 2. The van der Waals surface area contributed by atoms with Crippen LogP contribution in [0.4, 0.5) is 0 Å². The Morgan fingerprint density at radius 2 is 2.23 bits per heavy atom. The quantitative estimate of drug-likeness (QED) is 0.642. The summed E-state index contributed by atoms with van der Waals surface area (Å²) in [7, 11) is 0. The average Bonchev–Trinajstić information content (AvgIpc) is 2.76. The average molecular weight is 176 g/mol.